The van der Waals surface area contributed by atoms with Crippen LogP contribution in [0.1, 0.15) is 21.5 Å². The van der Waals surface area contributed by atoms with Crippen LogP contribution in [-0.4, -0.2) is 24.9 Å². The van der Waals surface area contributed by atoms with Crippen molar-refractivity contribution >= 4 is 29.4 Å². The second-order valence-corrected chi connectivity index (χ2v) is 7.24. The zero-order valence-electron chi connectivity index (χ0n) is 18.2. The van der Waals surface area contributed by atoms with Crippen LogP contribution in [0.5, 0.6) is 11.5 Å². The average Bonchev–Trinajstić information content (AvgIpc) is 2.79. The topological polar surface area (TPSA) is 114 Å². The van der Waals surface area contributed by atoms with E-state index in [1.54, 1.807) is 30.3 Å². The Balaban J connectivity index is 1.47. The number of esters is 2. The molecule has 0 aromatic heterocycles. The average molecular weight is 486 g/mol. The first-order valence-corrected chi connectivity index (χ1v) is 10.3. The Labute approximate surface area is 198 Å². The van der Waals surface area contributed by atoms with Gasteiger partial charge >= 0.3 is 18.3 Å². The van der Waals surface area contributed by atoms with Crippen molar-refractivity contribution in [3.63, 3.8) is 0 Å². The number of hydrogen-bond acceptors (Lipinski definition) is 7. The Kier molecular flexibility index (Phi) is 7.98. The molecule has 0 saturated heterocycles. The molecule has 3 aromatic carbocycles. The molecule has 10 heteroatoms. The predicted molar refractivity (Wildman–Crippen MR) is 123 cm³/mol. The van der Waals surface area contributed by atoms with E-state index >= 15 is 0 Å². The number of carbonyl (C=O) groups is 2. The van der Waals surface area contributed by atoms with Gasteiger partial charge in [0.25, 0.3) is 0 Å². The lowest BCUT2D eigenvalue weighted by molar-refractivity contribution is -0.274. The Bertz CT molecular complexity index is 1210. The van der Waals surface area contributed by atoms with Gasteiger partial charge in [-0.1, -0.05) is 18.2 Å². The Morgan fingerprint density at radius 2 is 1.54 bits per heavy atom. The maximum atomic E-state index is 12.2. The maximum Gasteiger partial charge on any atom is 0.573 e. The number of anilines is 2. The van der Waals surface area contributed by atoms with Gasteiger partial charge in [-0.05, 0) is 65.7 Å². The van der Waals surface area contributed by atoms with Gasteiger partial charge in [-0.2, -0.15) is 0 Å². The minimum atomic E-state index is -4.82. The minimum Gasteiger partial charge on any atom is -0.462 e. The van der Waals surface area contributed by atoms with Gasteiger partial charge in [0.15, 0.2) is 0 Å². The van der Waals surface area contributed by atoms with Crippen molar-refractivity contribution in [2.75, 3.05) is 18.1 Å². The molecule has 0 heterocycles. The fraction of sp³-hybridized carbons (Fsp3) is 0.120. The molecule has 3 rings (SSSR count). The number of ether oxygens (including phenoxy) is 3. The molecular formula is C25H21F3N2O5. The van der Waals surface area contributed by atoms with Gasteiger partial charge in [-0.15, -0.1) is 13.2 Å². The van der Waals surface area contributed by atoms with Gasteiger partial charge in [-0.3, -0.25) is 0 Å². The third-order valence-electron chi connectivity index (χ3n) is 4.61. The van der Waals surface area contributed by atoms with E-state index in [4.69, 9.17) is 20.9 Å². The molecule has 0 aliphatic carbocycles. The maximum absolute atomic E-state index is 12.2. The number of rotatable bonds is 8. The lowest BCUT2D eigenvalue weighted by Crippen LogP contribution is -2.17. The largest absolute Gasteiger partial charge is 0.573 e. The molecule has 35 heavy (non-hydrogen) atoms. The molecule has 0 fully saturated rings. The highest BCUT2D eigenvalue weighted by Crippen LogP contribution is 2.23. The molecule has 182 valence electrons. The van der Waals surface area contributed by atoms with E-state index in [9.17, 15) is 22.8 Å². The molecule has 0 aliphatic heterocycles. The summed E-state index contributed by atoms with van der Waals surface area (Å²) in [7, 11) is 0. The quantitative estimate of drug-likeness (QED) is 0.204. The molecule has 0 amide bonds. The number of nitrogens with two attached hydrogens (primary N) is 2. The van der Waals surface area contributed by atoms with Gasteiger partial charge in [0.1, 0.15) is 11.5 Å². The highest BCUT2D eigenvalue weighted by Gasteiger charge is 2.31. The van der Waals surface area contributed by atoms with Crippen molar-refractivity contribution < 1.29 is 37.0 Å². The second-order valence-electron chi connectivity index (χ2n) is 7.24. The second kappa shape index (κ2) is 11.1. The summed E-state index contributed by atoms with van der Waals surface area (Å²) in [5, 5.41) is 0. The summed E-state index contributed by atoms with van der Waals surface area (Å²) in [4.78, 5) is 24.1. The summed E-state index contributed by atoms with van der Waals surface area (Å²) in [6.07, 6.45) is -1.58. The lowest BCUT2D eigenvalue weighted by Gasteiger charge is -2.09. The number of carbonyl (C=O) groups excluding carboxylic acids is 2. The Hall–Kier alpha value is -4.47. The van der Waals surface area contributed by atoms with Crippen molar-refractivity contribution in [2.45, 2.75) is 12.8 Å². The van der Waals surface area contributed by atoms with E-state index in [0.717, 1.165) is 29.8 Å². The summed E-state index contributed by atoms with van der Waals surface area (Å²) in [5.74, 6) is -1.52. The Morgan fingerprint density at radius 1 is 0.886 bits per heavy atom. The zero-order chi connectivity index (χ0) is 25.4. The van der Waals surface area contributed by atoms with Crippen molar-refractivity contribution in [1.29, 1.82) is 0 Å². The number of nitrogen functional groups attached to an aromatic ring is 2. The Morgan fingerprint density at radius 3 is 2.17 bits per heavy atom. The van der Waals surface area contributed by atoms with Gasteiger partial charge in [0.2, 0.25) is 0 Å². The number of benzene rings is 3. The number of alkyl halides is 3. The molecule has 0 bridgehead atoms. The summed E-state index contributed by atoms with van der Waals surface area (Å²) < 4.78 is 50.7. The molecule has 0 saturated carbocycles. The zero-order valence-corrected chi connectivity index (χ0v) is 18.2. The van der Waals surface area contributed by atoms with Gasteiger partial charge in [0.05, 0.1) is 12.2 Å². The van der Waals surface area contributed by atoms with E-state index in [2.05, 4.69) is 4.74 Å². The van der Waals surface area contributed by atoms with Crippen molar-refractivity contribution in [3.8, 4) is 11.5 Å². The molecule has 3 aromatic rings. The van der Waals surface area contributed by atoms with Crippen molar-refractivity contribution in [2.24, 2.45) is 0 Å². The molecular weight excluding hydrogens is 465 g/mol. The standard InChI is InChI=1S/C25H21F3N2O5/c26-25(27,28)35-21-10-5-18(6-11-21)24(32)34-20-8-1-16(2-9-20)3-12-23(31)33-14-13-17-4-7-19(29)15-22(17)30/h1-12,15H,13-14,29-30H2. The van der Waals surface area contributed by atoms with Crippen LogP contribution in [0, 0.1) is 0 Å². The molecule has 0 spiro atoms. The molecule has 4 N–H and O–H groups in total. The van der Waals surface area contributed by atoms with Gasteiger partial charge in [0, 0.05) is 23.9 Å². The molecule has 0 aliphatic rings. The van der Waals surface area contributed by atoms with E-state index in [1.807, 2.05) is 0 Å². The van der Waals surface area contributed by atoms with Gasteiger partial charge in [-0.25, -0.2) is 9.59 Å². The van der Waals surface area contributed by atoms with Crippen LogP contribution in [0.25, 0.3) is 6.08 Å². The molecule has 0 unspecified atom stereocenters. The van der Waals surface area contributed by atoms with E-state index in [1.165, 1.54) is 24.3 Å². The summed E-state index contributed by atoms with van der Waals surface area (Å²) in [6.45, 7) is 0.148. The lowest BCUT2D eigenvalue weighted by atomic mass is 10.1. The molecule has 0 atom stereocenters. The van der Waals surface area contributed by atoms with Crippen LogP contribution in [0.3, 0.4) is 0 Å². The van der Waals surface area contributed by atoms with Crippen LogP contribution in [0.4, 0.5) is 24.5 Å². The van der Waals surface area contributed by atoms with Crippen LogP contribution in [0.2, 0.25) is 0 Å². The minimum absolute atomic E-state index is 0.0481. The van der Waals surface area contributed by atoms with Crippen molar-refractivity contribution in [1.82, 2.24) is 0 Å². The first-order valence-electron chi connectivity index (χ1n) is 10.3. The fourth-order valence-electron chi connectivity index (χ4n) is 2.92. The van der Waals surface area contributed by atoms with Gasteiger partial charge < -0.3 is 25.7 Å². The molecule has 0 radical (unpaired) electrons. The van der Waals surface area contributed by atoms with E-state index in [0.29, 0.717) is 23.4 Å². The number of hydrogen-bond donors (Lipinski definition) is 2. The normalized spacial score (nSPS) is 11.3. The summed E-state index contributed by atoms with van der Waals surface area (Å²) in [6, 6.07) is 15.7. The first kappa shape index (κ1) is 25.2. The van der Waals surface area contributed by atoms with E-state index < -0.39 is 24.1 Å². The predicted octanol–water partition coefficient (Wildman–Crippen LogP) is 4.77. The molecule has 7 nitrogen and oxygen atoms in total. The third-order valence-corrected chi connectivity index (χ3v) is 4.61. The van der Waals surface area contributed by atoms with Crippen molar-refractivity contribution in [3.05, 3.63) is 89.5 Å². The van der Waals surface area contributed by atoms with Crippen LogP contribution in [0.15, 0.2) is 72.8 Å². The van der Waals surface area contributed by atoms with Crippen LogP contribution < -0.4 is 20.9 Å². The summed E-state index contributed by atoms with van der Waals surface area (Å²) >= 11 is 0. The van der Waals surface area contributed by atoms with Crippen LogP contribution in [-0.2, 0) is 16.0 Å². The highest BCUT2D eigenvalue weighted by molar-refractivity contribution is 5.91. The highest BCUT2D eigenvalue weighted by atomic mass is 19.4. The third kappa shape index (κ3) is 8.11. The fourth-order valence-corrected chi connectivity index (χ4v) is 2.92. The van der Waals surface area contributed by atoms with Crippen LogP contribution >= 0.6 is 0 Å². The SMILES string of the molecule is Nc1ccc(CCOC(=O)C=Cc2ccc(OC(=O)c3ccc(OC(F)(F)F)cc3)cc2)c(N)c1. The van der Waals surface area contributed by atoms with E-state index in [-0.39, 0.29) is 17.9 Å². The number of halogens is 3. The smallest absolute Gasteiger partial charge is 0.462 e. The monoisotopic (exact) mass is 486 g/mol. The first-order chi connectivity index (χ1) is 16.6. The summed E-state index contributed by atoms with van der Waals surface area (Å²) in [5.41, 5.74) is 14.1.